The molecule has 0 bridgehead atoms. The Morgan fingerprint density at radius 2 is 1.92 bits per heavy atom. The molecule has 0 aliphatic carbocycles. The number of piperidine rings is 1. The molecule has 0 aromatic heterocycles. The van der Waals surface area contributed by atoms with Crippen molar-refractivity contribution >= 4 is 6.03 Å². The number of nitrogens with one attached hydrogen (secondary N) is 1. The van der Waals surface area contributed by atoms with Crippen LogP contribution in [-0.2, 0) is 6.42 Å². The number of halogens is 3. The molecule has 2 rings (SSSR count). The summed E-state index contributed by atoms with van der Waals surface area (Å²) in [6, 6.07) is 7.59. The predicted molar refractivity (Wildman–Crippen MR) is 80.1 cm³/mol. The van der Waals surface area contributed by atoms with Crippen molar-refractivity contribution in [2.45, 2.75) is 25.6 Å². The molecule has 24 heavy (non-hydrogen) atoms. The second-order valence-electron chi connectivity index (χ2n) is 5.56. The van der Waals surface area contributed by atoms with Crippen molar-refractivity contribution < 1.29 is 22.7 Å². The summed E-state index contributed by atoms with van der Waals surface area (Å²) >= 11 is 0. The standard InChI is InChI=1S/C16H18F3N3O2/c17-16(18,19)24-14-3-1-12(2-4-14)5-8-21-15(23)22-9-6-13(11-20)7-10-22/h1-4,13H,5-10H2,(H,21,23). The van der Waals surface area contributed by atoms with Crippen molar-refractivity contribution in [3.63, 3.8) is 0 Å². The fourth-order valence-corrected chi connectivity index (χ4v) is 2.50. The summed E-state index contributed by atoms with van der Waals surface area (Å²) in [5, 5.41) is 11.6. The van der Waals surface area contributed by atoms with Crippen LogP contribution in [0.1, 0.15) is 18.4 Å². The molecule has 1 aliphatic heterocycles. The molecular formula is C16H18F3N3O2. The highest BCUT2D eigenvalue weighted by molar-refractivity contribution is 5.74. The van der Waals surface area contributed by atoms with E-state index in [9.17, 15) is 18.0 Å². The Morgan fingerprint density at radius 3 is 2.46 bits per heavy atom. The largest absolute Gasteiger partial charge is 0.573 e. The Labute approximate surface area is 138 Å². The number of likely N-dealkylation sites (tertiary alicyclic amines) is 1. The minimum Gasteiger partial charge on any atom is -0.406 e. The molecule has 0 radical (unpaired) electrons. The zero-order valence-corrected chi connectivity index (χ0v) is 13.0. The van der Waals surface area contributed by atoms with E-state index in [-0.39, 0.29) is 17.7 Å². The number of benzene rings is 1. The predicted octanol–water partition coefficient (Wildman–Crippen LogP) is 3.07. The van der Waals surface area contributed by atoms with Gasteiger partial charge in [-0.2, -0.15) is 5.26 Å². The van der Waals surface area contributed by atoms with E-state index in [4.69, 9.17) is 5.26 Å². The van der Waals surface area contributed by atoms with E-state index in [2.05, 4.69) is 16.1 Å². The third kappa shape index (κ3) is 5.65. The van der Waals surface area contributed by atoms with Gasteiger partial charge in [0.2, 0.25) is 0 Å². The Morgan fingerprint density at radius 1 is 1.29 bits per heavy atom. The highest BCUT2D eigenvalue weighted by Gasteiger charge is 2.30. The Hall–Kier alpha value is -2.43. The SMILES string of the molecule is N#CC1CCN(C(=O)NCCc2ccc(OC(F)(F)F)cc2)CC1. The summed E-state index contributed by atoms with van der Waals surface area (Å²) in [5.41, 5.74) is 0.799. The van der Waals surface area contributed by atoms with E-state index >= 15 is 0 Å². The third-order valence-corrected chi connectivity index (χ3v) is 3.81. The summed E-state index contributed by atoms with van der Waals surface area (Å²) in [4.78, 5) is 13.7. The maximum Gasteiger partial charge on any atom is 0.573 e. The number of urea groups is 1. The summed E-state index contributed by atoms with van der Waals surface area (Å²) in [7, 11) is 0. The lowest BCUT2D eigenvalue weighted by Gasteiger charge is -2.29. The highest BCUT2D eigenvalue weighted by Crippen LogP contribution is 2.22. The van der Waals surface area contributed by atoms with Crippen LogP contribution in [0.3, 0.4) is 0 Å². The first-order chi connectivity index (χ1) is 11.4. The molecule has 0 spiro atoms. The van der Waals surface area contributed by atoms with E-state index in [0.717, 1.165) is 5.56 Å². The Kier molecular flexibility index (Phi) is 5.90. The first-order valence-corrected chi connectivity index (χ1v) is 7.64. The average Bonchev–Trinajstić information content (AvgIpc) is 2.55. The number of hydrogen-bond donors (Lipinski definition) is 1. The van der Waals surface area contributed by atoms with E-state index in [1.165, 1.54) is 24.3 Å². The number of carbonyl (C=O) groups is 1. The molecule has 1 aliphatic rings. The summed E-state index contributed by atoms with van der Waals surface area (Å²) in [6.45, 7) is 1.51. The highest BCUT2D eigenvalue weighted by atomic mass is 19.4. The zero-order chi connectivity index (χ0) is 17.6. The lowest BCUT2D eigenvalue weighted by molar-refractivity contribution is -0.274. The van der Waals surface area contributed by atoms with Crippen molar-refractivity contribution in [3.8, 4) is 11.8 Å². The minimum atomic E-state index is -4.70. The first kappa shape index (κ1) is 17.9. The number of rotatable bonds is 4. The molecular weight excluding hydrogens is 323 g/mol. The van der Waals surface area contributed by atoms with Crippen molar-refractivity contribution in [2.24, 2.45) is 5.92 Å². The molecule has 1 aromatic carbocycles. The second-order valence-corrected chi connectivity index (χ2v) is 5.56. The fourth-order valence-electron chi connectivity index (χ4n) is 2.50. The monoisotopic (exact) mass is 341 g/mol. The summed E-state index contributed by atoms with van der Waals surface area (Å²) in [5.74, 6) is -0.248. The van der Waals surface area contributed by atoms with Crippen LogP contribution in [0.5, 0.6) is 5.75 Å². The molecule has 1 saturated heterocycles. The van der Waals surface area contributed by atoms with Crippen molar-refractivity contribution in [1.29, 1.82) is 5.26 Å². The van der Waals surface area contributed by atoms with E-state index in [1.54, 1.807) is 4.90 Å². The number of hydrogen-bond acceptors (Lipinski definition) is 3. The number of alkyl halides is 3. The van der Waals surface area contributed by atoms with Crippen LogP contribution in [0.4, 0.5) is 18.0 Å². The van der Waals surface area contributed by atoms with Crippen molar-refractivity contribution in [3.05, 3.63) is 29.8 Å². The van der Waals surface area contributed by atoms with Gasteiger partial charge >= 0.3 is 12.4 Å². The first-order valence-electron chi connectivity index (χ1n) is 7.64. The molecule has 1 N–H and O–H groups in total. The number of ether oxygens (including phenoxy) is 1. The number of carbonyl (C=O) groups excluding carboxylic acids is 1. The molecule has 1 aromatic rings. The maximum absolute atomic E-state index is 12.1. The minimum absolute atomic E-state index is 0.0199. The van der Waals surface area contributed by atoms with Gasteiger partial charge in [0, 0.05) is 25.6 Å². The van der Waals surface area contributed by atoms with Gasteiger partial charge in [0.25, 0.3) is 0 Å². The van der Waals surface area contributed by atoms with Gasteiger partial charge in [-0.3, -0.25) is 0 Å². The van der Waals surface area contributed by atoms with Gasteiger partial charge in [0.15, 0.2) is 0 Å². The Bertz CT molecular complexity index is 588. The van der Waals surface area contributed by atoms with Crippen LogP contribution < -0.4 is 10.1 Å². The van der Waals surface area contributed by atoms with Crippen LogP contribution in [-0.4, -0.2) is 36.9 Å². The molecule has 0 atom stereocenters. The van der Waals surface area contributed by atoms with Gasteiger partial charge in [0.1, 0.15) is 5.75 Å². The van der Waals surface area contributed by atoms with Gasteiger partial charge < -0.3 is 15.0 Å². The Balaban J connectivity index is 1.72. The lowest BCUT2D eigenvalue weighted by atomic mass is 9.99. The topological polar surface area (TPSA) is 65.4 Å². The average molecular weight is 341 g/mol. The smallest absolute Gasteiger partial charge is 0.406 e. The van der Waals surface area contributed by atoms with Crippen LogP contribution in [0.2, 0.25) is 0 Å². The number of amides is 2. The summed E-state index contributed by atoms with van der Waals surface area (Å²) in [6.07, 6.45) is -2.82. The van der Waals surface area contributed by atoms with Crippen LogP contribution in [0.15, 0.2) is 24.3 Å². The molecule has 1 fully saturated rings. The zero-order valence-electron chi connectivity index (χ0n) is 13.0. The van der Waals surface area contributed by atoms with Crippen molar-refractivity contribution in [2.75, 3.05) is 19.6 Å². The van der Waals surface area contributed by atoms with Gasteiger partial charge in [0.05, 0.1) is 6.07 Å². The molecule has 0 unspecified atom stereocenters. The lowest BCUT2D eigenvalue weighted by Crippen LogP contribution is -2.44. The number of nitriles is 1. The van der Waals surface area contributed by atoms with E-state index in [0.29, 0.717) is 38.9 Å². The molecule has 2 amide bonds. The van der Waals surface area contributed by atoms with Crippen LogP contribution >= 0.6 is 0 Å². The second kappa shape index (κ2) is 7.90. The molecule has 1 heterocycles. The molecule has 8 heteroatoms. The van der Waals surface area contributed by atoms with Gasteiger partial charge in [-0.15, -0.1) is 13.2 Å². The number of nitrogens with zero attached hydrogens (tertiary/aromatic N) is 2. The van der Waals surface area contributed by atoms with Gasteiger partial charge in [-0.25, -0.2) is 4.79 Å². The molecule has 130 valence electrons. The fraction of sp³-hybridized carbons (Fsp3) is 0.500. The summed E-state index contributed by atoms with van der Waals surface area (Å²) < 4.78 is 40.0. The van der Waals surface area contributed by atoms with Gasteiger partial charge in [-0.05, 0) is 37.0 Å². The van der Waals surface area contributed by atoms with E-state index < -0.39 is 6.36 Å². The quantitative estimate of drug-likeness (QED) is 0.915. The van der Waals surface area contributed by atoms with Crippen molar-refractivity contribution in [1.82, 2.24) is 10.2 Å². The normalized spacial score (nSPS) is 15.7. The maximum atomic E-state index is 12.1. The van der Waals surface area contributed by atoms with Crippen LogP contribution in [0, 0.1) is 17.2 Å². The van der Waals surface area contributed by atoms with E-state index in [1.807, 2.05) is 0 Å². The van der Waals surface area contributed by atoms with Crippen LogP contribution in [0.25, 0.3) is 0 Å². The molecule has 5 nitrogen and oxygen atoms in total. The molecule has 0 saturated carbocycles. The third-order valence-electron chi connectivity index (χ3n) is 3.81. The van der Waals surface area contributed by atoms with Gasteiger partial charge in [-0.1, -0.05) is 12.1 Å².